The normalized spacial score (nSPS) is 10.2. The van der Waals surface area contributed by atoms with Gasteiger partial charge in [0.1, 0.15) is 5.56 Å². The number of halogens is 1. The third-order valence-corrected chi connectivity index (χ3v) is 2.99. The van der Waals surface area contributed by atoms with Gasteiger partial charge in [-0.3, -0.25) is 4.98 Å². The number of hydrogen-bond acceptors (Lipinski definition) is 3. The molecule has 1 heterocycles. The Hall–Kier alpha value is -2.07. The number of aromatic carboxylic acids is 1. The first-order valence-corrected chi connectivity index (χ1v) is 6.21. The van der Waals surface area contributed by atoms with Crippen LogP contribution in [0.15, 0.2) is 42.7 Å². The third-order valence-electron chi connectivity index (χ3n) is 2.68. The van der Waals surface area contributed by atoms with Gasteiger partial charge in [-0.15, -0.1) is 0 Å². The lowest BCUT2D eigenvalue weighted by Crippen LogP contribution is -2.10. The predicted molar refractivity (Wildman–Crippen MR) is 74.8 cm³/mol. The summed E-state index contributed by atoms with van der Waals surface area (Å²) in [6.07, 6.45) is 4.27. The van der Waals surface area contributed by atoms with E-state index in [0.717, 1.165) is 12.0 Å². The summed E-state index contributed by atoms with van der Waals surface area (Å²) >= 11 is 5.89. The van der Waals surface area contributed by atoms with Crippen molar-refractivity contribution in [3.8, 4) is 0 Å². The van der Waals surface area contributed by atoms with Crippen LogP contribution in [0, 0.1) is 0 Å². The average molecular weight is 277 g/mol. The van der Waals surface area contributed by atoms with Gasteiger partial charge in [-0.05, 0) is 30.2 Å². The molecule has 0 fully saturated rings. The summed E-state index contributed by atoms with van der Waals surface area (Å²) < 4.78 is 0. The predicted octanol–water partition coefficient (Wildman–Crippen LogP) is 3.09. The maximum Gasteiger partial charge on any atom is 0.339 e. The van der Waals surface area contributed by atoms with E-state index in [0.29, 0.717) is 12.2 Å². The van der Waals surface area contributed by atoms with Gasteiger partial charge in [-0.25, -0.2) is 4.79 Å². The number of aromatic nitrogens is 1. The van der Waals surface area contributed by atoms with E-state index in [-0.39, 0.29) is 10.6 Å². The highest BCUT2D eigenvalue weighted by atomic mass is 35.5. The van der Waals surface area contributed by atoms with Crippen molar-refractivity contribution in [2.45, 2.75) is 6.42 Å². The van der Waals surface area contributed by atoms with Crippen LogP contribution < -0.4 is 5.32 Å². The lowest BCUT2D eigenvalue weighted by atomic mass is 10.1. The summed E-state index contributed by atoms with van der Waals surface area (Å²) in [6.45, 7) is 0.617. The smallest absolute Gasteiger partial charge is 0.339 e. The number of hydrogen-bond donors (Lipinski definition) is 2. The van der Waals surface area contributed by atoms with Crippen molar-refractivity contribution in [1.29, 1.82) is 0 Å². The zero-order chi connectivity index (χ0) is 13.7. The lowest BCUT2D eigenvalue weighted by molar-refractivity contribution is 0.0698. The fraction of sp³-hybridized carbons (Fsp3) is 0.143. The zero-order valence-electron chi connectivity index (χ0n) is 10.1. The van der Waals surface area contributed by atoms with Crippen LogP contribution in [0.1, 0.15) is 15.9 Å². The quantitative estimate of drug-likeness (QED) is 0.881. The van der Waals surface area contributed by atoms with E-state index < -0.39 is 5.97 Å². The molecule has 0 amide bonds. The minimum absolute atomic E-state index is 0.107. The van der Waals surface area contributed by atoms with E-state index in [1.165, 1.54) is 0 Å². The molecule has 0 aliphatic heterocycles. The second kappa shape index (κ2) is 6.20. The molecule has 2 N–H and O–H groups in total. The van der Waals surface area contributed by atoms with Gasteiger partial charge in [0.05, 0.1) is 10.7 Å². The Morgan fingerprint density at radius 1 is 1.32 bits per heavy atom. The summed E-state index contributed by atoms with van der Waals surface area (Å²) in [6, 6.07) is 8.85. The minimum atomic E-state index is -1.03. The summed E-state index contributed by atoms with van der Waals surface area (Å²) in [5.74, 6) is -1.03. The molecular formula is C14H13ClN2O2. The molecule has 0 unspecified atom stereocenters. The summed E-state index contributed by atoms with van der Waals surface area (Å²) in [5, 5.41) is 12.5. The summed E-state index contributed by atoms with van der Waals surface area (Å²) in [4.78, 5) is 15.2. The largest absolute Gasteiger partial charge is 0.478 e. The minimum Gasteiger partial charge on any atom is -0.478 e. The first-order chi connectivity index (χ1) is 9.18. The summed E-state index contributed by atoms with van der Waals surface area (Å²) in [7, 11) is 0. The molecule has 0 saturated carbocycles. The second-order valence-electron chi connectivity index (χ2n) is 4.01. The number of nitrogens with zero attached hydrogens (tertiary/aromatic N) is 1. The fourth-order valence-electron chi connectivity index (χ4n) is 1.78. The number of benzene rings is 1. The number of pyridine rings is 1. The van der Waals surface area contributed by atoms with Gasteiger partial charge in [-0.1, -0.05) is 23.7 Å². The molecule has 2 rings (SSSR count). The van der Waals surface area contributed by atoms with Gasteiger partial charge >= 0.3 is 5.97 Å². The van der Waals surface area contributed by atoms with Crippen molar-refractivity contribution in [3.63, 3.8) is 0 Å². The standard InChI is InChI=1S/C14H13ClN2O2/c15-11-4-1-5-12(13(11)14(18)19)17-8-6-10-3-2-7-16-9-10/h1-5,7,9,17H,6,8H2,(H,18,19). The molecular weight excluding hydrogens is 264 g/mol. The van der Waals surface area contributed by atoms with Crippen molar-refractivity contribution in [2.24, 2.45) is 0 Å². The molecule has 0 radical (unpaired) electrons. The van der Waals surface area contributed by atoms with Crippen LogP contribution in [-0.2, 0) is 6.42 Å². The highest BCUT2D eigenvalue weighted by Gasteiger charge is 2.13. The van der Waals surface area contributed by atoms with Crippen molar-refractivity contribution >= 4 is 23.3 Å². The maximum atomic E-state index is 11.1. The van der Waals surface area contributed by atoms with Crippen LogP contribution in [0.4, 0.5) is 5.69 Å². The van der Waals surface area contributed by atoms with Crippen molar-refractivity contribution < 1.29 is 9.90 Å². The van der Waals surface area contributed by atoms with Gasteiger partial charge in [0.2, 0.25) is 0 Å². The highest BCUT2D eigenvalue weighted by Crippen LogP contribution is 2.24. The van der Waals surface area contributed by atoms with Gasteiger partial charge in [0.25, 0.3) is 0 Å². The Morgan fingerprint density at radius 2 is 2.16 bits per heavy atom. The first kappa shape index (κ1) is 13.4. The van der Waals surface area contributed by atoms with Gasteiger partial charge < -0.3 is 10.4 Å². The highest BCUT2D eigenvalue weighted by molar-refractivity contribution is 6.34. The fourth-order valence-corrected chi connectivity index (χ4v) is 2.03. The lowest BCUT2D eigenvalue weighted by Gasteiger charge is -2.10. The first-order valence-electron chi connectivity index (χ1n) is 5.83. The molecule has 0 aliphatic carbocycles. The van der Waals surface area contributed by atoms with Gasteiger partial charge in [0, 0.05) is 18.9 Å². The SMILES string of the molecule is O=C(O)c1c(Cl)cccc1NCCc1cccnc1. The van der Waals surface area contributed by atoms with E-state index >= 15 is 0 Å². The molecule has 1 aromatic carbocycles. The number of nitrogens with one attached hydrogen (secondary N) is 1. The maximum absolute atomic E-state index is 11.1. The van der Waals surface area contributed by atoms with E-state index in [2.05, 4.69) is 10.3 Å². The van der Waals surface area contributed by atoms with Crippen LogP contribution in [-0.4, -0.2) is 22.6 Å². The molecule has 0 saturated heterocycles. The third kappa shape index (κ3) is 3.45. The van der Waals surface area contributed by atoms with Crippen molar-refractivity contribution in [1.82, 2.24) is 4.98 Å². The molecule has 0 atom stereocenters. The monoisotopic (exact) mass is 276 g/mol. The van der Waals surface area contributed by atoms with Crippen molar-refractivity contribution in [2.75, 3.05) is 11.9 Å². The molecule has 0 spiro atoms. The van der Waals surface area contributed by atoms with Crippen LogP contribution in [0.2, 0.25) is 5.02 Å². The number of carbonyl (C=O) groups is 1. The van der Waals surface area contributed by atoms with Crippen LogP contribution in [0.5, 0.6) is 0 Å². The zero-order valence-corrected chi connectivity index (χ0v) is 10.9. The van der Waals surface area contributed by atoms with Crippen LogP contribution >= 0.6 is 11.6 Å². The number of rotatable bonds is 5. The number of anilines is 1. The molecule has 0 aliphatic rings. The molecule has 4 nitrogen and oxygen atoms in total. The van der Waals surface area contributed by atoms with Crippen molar-refractivity contribution in [3.05, 3.63) is 58.9 Å². The Kier molecular flexibility index (Phi) is 4.36. The van der Waals surface area contributed by atoms with Gasteiger partial charge in [0.15, 0.2) is 0 Å². The second-order valence-corrected chi connectivity index (χ2v) is 4.41. The molecule has 5 heteroatoms. The van der Waals surface area contributed by atoms with E-state index in [1.807, 2.05) is 12.1 Å². The Labute approximate surface area is 116 Å². The van der Waals surface area contributed by atoms with E-state index in [4.69, 9.17) is 16.7 Å². The molecule has 1 aromatic heterocycles. The van der Waals surface area contributed by atoms with Crippen LogP contribution in [0.25, 0.3) is 0 Å². The summed E-state index contributed by atoms with van der Waals surface area (Å²) in [5.41, 5.74) is 1.73. The topological polar surface area (TPSA) is 62.2 Å². The molecule has 19 heavy (non-hydrogen) atoms. The van der Waals surface area contributed by atoms with Gasteiger partial charge in [-0.2, -0.15) is 0 Å². The Morgan fingerprint density at radius 3 is 2.84 bits per heavy atom. The number of carboxylic acid groups (broad SMARTS) is 1. The number of carboxylic acids is 1. The molecule has 98 valence electrons. The average Bonchev–Trinajstić information content (AvgIpc) is 2.39. The van der Waals surface area contributed by atoms with E-state index in [9.17, 15) is 4.79 Å². The van der Waals surface area contributed by atoms with E-state index in [1.54, 1.807) is 30.6 Å². The molecule has 0 bridgehead atoms. The Bertz CT molecular complexity index is 573. The molecule has 2 aromatic rings. The Balaban J connectivity index is 2.04. The van der Waals surface area contributed by atoms with Crippen LogP contribution in [0.3, 0.4) is 0 Å².